The first kappa shape index (κ1) is 18.4. The van der Waals surface area contributed by atoms with Crippen LogP contribution in [0.2, 0.25) is 0 Å². The van der Waals surface area contributed by atoms with Crippen LogP contribution in [0.1, 0.15) is 66.7 Å². The van der Waals surface area contributed by atoms with Crippen molar-refractivity contribution in [1.29, 1.82) is 0 Å². The standard InChI is InChI=1S/C17H34N2O2/c1-13(2)19-15(20)8-11-21-17(12-18)9-6-14(7-10-17)16(3,4)5/h13-14H,6-12,18H2,1-5H3,(H,19,20). The molecular formula is C17H34N2O2. The summed E-state index contributed by atoms with van der Waals surface area (Å²) in [6.07, 6.45) is 4.77. The van der Waals surface area contributed by atoms with Crippen LogP contribution < -0.4 is 11.1 Å². The van der Waals surface area contributed by atoms with E-state index in [9.17, 15) is 4.79 Å². The number of nitrogens with two attached hydrogens (primary N) is 1. The summed E-state index contributed by atoms with van der Waals surface area (Å²) >= 11 is 0. The van der Waals surface area contributed by atoms with Crippen molar-refractivity contribution in [2.75, 3.05) is 13.2 Å². The fraction of sp³-hybridized carbons (Fsp3) is 0.941. The summed E-state index contributed by atoms with van der Waals surface area (Å²) in [7, 11) is 0. The van der Waals surface area contributed by atoms with Crippen molar-refractivity contribution in [2.45, 2.75) is 78.4 Å². The molecule has 0 radical (unpaired) electrons. The van der Waals surface area contributed by atoms with Gasteiger partial charge >= 0.3 is 0 Å². The van der Waals surface area contributed by atoms with Gasteiger partial charge in [0.1, 0.15) is 0 Å². The number of rotatable bonds is 6. The molecule has 0 saturated heterocycles. The van der Waals surface area contributed by atoms with Gasteiger partial charge < -0.3 is 15.8 Å². The highest BCUT2D eigenvalue weighted by atomic mass is 16.5. The van der Waals surface area contributed by atoms with E-state index in [-0.39, 0.29) is 17.6 Å². The Labute approximate surface area is 130 Å². The minimum Gasteiger partial charge on any atom is -0.373 e. The van der Waals surface area contributed by atoms with Crippen LogP contribution in [0.5, 0.6) is 0 Å². The van der Waals surface area contributed by atoms with Gasteiger partial charge in [0.05, 0.1) is 12.2 Å². The summed E-state index contributed by atoms with van der Waals surface area (Å²) < 4.78 is 6.05. The van der Waals surface area contributed by atoms with Crippen LogP contribution in [0.25, 0.3) is 0 Å². The molecule has 0 aromatic rings. The van der Waals surface area contributed by atoms with E-state index >= 15 is 0 Å². The maximum atomic E-state index is 11.6. The van der Waals surface area contributed by atoms with Gasteiger partial charge in [-0.15, -0.1) is 0 Å². The Hall–Kier alpha value is -0.610. The highest BCUT2D eigenvalue weighted by molar-refractivity contribution is 5.76. The smallest absolute Gasteiger partial charge is 0.222 e. The van der Waals surface area contributed by atoms with Crippen LogP contribution in [0, 0.1) is 11.3 Å². The molecule has 1 aliphatic carbocycles. The quantitative estimate of drug-likeness (QED) is 0.792. The molecule has 124 valence electrons. The first-order valence-electron chi connectivity index (χ1n) is 8.32. The van der Waals surface area contributed by atoms with Crippen LogP contribution >= 0.6 is 0 Å². The number of hydrogen-bond donors (Lipinski definition) is 2. The Morgan fingerprint density at radius 1 is 1.33 bits per heavy atom. The number of amides is 1. The molecule has 0 aliphatic heterocycles. The summed E-state index contributed by atoms with van der Waals surface area (Å²) in [5, 5.41) is 2.89. The van der Waals surface area contributed by atoms with E-state index in [2.05, 4.69) is 26.1 Å². The second-order valence-corrected chi connectivity index (χ2v) is 7.85. The molecule has 1 rings (SSSR count). The molecule has 0 bridgehead atoms. The minimum atomic E-state index is -0.208. The number of ether oxygens (including phenoxy) is 1. The summed E-state index contributed by atoms with van der Waals surface area (Å²) in [6.45, 7) is 11.9. The Bertz CT molecular complexity index is 326. The van der Waals surface area contributed by atoms with E-state index in [0.29, 0.717) is 25.0 Å². The molecule has 4 nitrogen and oxygen atoms in total. The zero-order valence-corrected chi connectivity index (χ0v) is 14.5. The Morgan fingerprint density at radius 3 is 2.33 bits per heavy atom. The molecule has 0 heterocycles. The molecule has 0 atom stereocenters. The summed E-state index contributed by atoms with van der Waals surface area (Å²) in [5.74, 6) is 0.797. The Balaban J connectivity index is 2.40. The number of hydrogen-bond acceptors (Lipinski definition) is 3. The van der Waals surface area contributed by atoms with E-state index in [1.807, 2.05) is 13.8 Å². The fourth-order valence-electron chi connectivity index (χ4n) is 3.17. The fourth-order valence-corrected chi connectivity index (χ4v) is 3.17. The number of carbonyl (C=O) groups excluding carboxylic acids is 1. The monoisotopic (exact) mass is 298 g/mol. The number of nitrogens with one attached hydrogen (secondary N) is 1. The molecule has 0 unspecified atom stereocenters. The molecule has 4 heteroatoms. The highest BCUT2D eigenvalue weighted by Gasteiger charge is 2.38. The lowest BCUT2D eigenvalue weighted by Gasteiger charge is -2.43. The summed E-state index contributed by atoms with van der Waals surface area (Å²) in [4.78, 5) is 11.6. The molecule has 1 aliphatic rings. The van der Waals surface area contributed by atoms with E-state index in [1.165, 1.54) is 12.8 Å². The van der Waals surface area contributed by atoms with Gasteiger partial charge in [-0.3, -0.25) is 4.79 Å². The average molecular weight is 298 g/mol. The molecule has 3 N–H and O–H groups in total. The normalized spacial score (nSPS) is 26.9. The lowest BCUT2D eigenvalue weighted by Crippen LogP contribution is -2.46. The Kier molecular flexibility index (Phi) is 6.67. The van der Waals surface area contributed by atoms with Crippen molar-refractivity contribution in [3.05, 3.63) is 0 Å². The third-order valence-electron chi connectivity index (χ3n) is 4.68. The lowest BCUT2D eigenvalue weighted by atomic mass is 9.68. The molecule has 21 heavy (non-hydrogen) atoms. The largest absolute Gasteiger partial charge is 0.373 e. The van der Waals surface area contributed by atoms with E-state index < -0.39 is 0 Å². The third kappa shape index (κ3) is 5.95. The molecule has 1 fully saturated rings. The SMILES string of the molecule is CC(C)NC(=O)CCOC1(CN)CCC(C(C)(C)C)CC1. The topological polar surface area (TPSA) is 64.3 Å². The molecule has 1 saturated carbocycles. The van der Waals surface area contributed by atoms with Gasteiger partial charge in [0.15, 0.2) is 0 Å². The zero-order chi connectivity index (χ0) is 16.1. The van der Waals surface area contributed by atoms with Crippen molar-refractivity contribution in [2.24, 2.45) is 17.1 Å². The van der Waals surface area contributed by atoms with Gasteiger partial charge in [0, 0.05) is 19.0 Å². The van der Waals surface area contributed by atoms with Crippen molar-refractivity contribution in [3.8, 4) is 0 Å². The van der Waals surface area contributed by atoms with Crippen molar-refractivity contribution < 1.29 is 9.53 Å². The second-order valence-electron chi connectivity index (χ2n) is 7.85. The first-order valence-corrected chi connectivity index (χ1v) is 8.32. The summed E-state index contributed by atoms with van der Waals surface area (Å²) in [6, 6.07) is 0.184. The number of carbonyl (C=O) groups is 1. The molecule has 1 amide bonds. The van der Waals surface area contributed by atoms with Gasteiger partial charge in [-0.2, -0.15) is 0 Å². The maximum Gasteiger partial charge on any atom is 0.222 e. The minimum absolute atomic E-state index is 0.0561. The van der Waals surface area contributed by atoms with Crippen LogP contribution in [-0.4, -0.2) is 30.7 Å². The predicted octanol–water partition coefficient (Wildman–Crippen LogP) is 2.85. The Morgan fingerprint density at radius 2 is 1.90 bits per heavy atom. The zero-order valence-electron chi connectivity index (χ0n) is 14.5. The van der Waals surface area contributed by atoms with Gasteiger partial charge in [0.2, 0.25) is 5.91 Å². The average Bonchev–Trinajstić information content (AvgIpc) is 2.37. The van der Waals surface area contributed by atoms with E-state index in [4.69, 9.17) is 10.5 Å². The molecule has 0 aromatic carbocycles. The third-order valence-corrected chi connectivity index (χ3v) is 4.68. The first-order chi connectivity index (χ1) is 9.68. The van der Waals surface area contributed by atoms with Crippen molar-refractivity contribution in [1.82, 2.24) is 5.32 Å². The maximum absolute atomic E-state index is 11.6. The second kappa shape index (κ2) is 7.59. The molecular weight excluding hydrogens is 264 g/mol. The van der Waals surface area contributed by atoms with E-state index in [0.717, 1.165) is 18.8 Å². The van der Waals surface area contributed by atoms with E-state index in [1.54, 1.807) is 0 Å². The lowest BCUT2D eigenvalue weighted by molar-refractivity contribution is -0.126. The van der Waals surface area contributed by atoms with Crippen LogP contribution in [0.4, 0.5) is 0 Å². The molecule has 0 aromatic heterocycles. The van der Waals surface area contributed by atoms with Crippen LogP contribution in [0.15, 0.2) is 0 Å². The predicted molar refractivity (Wildman–Crippen MR) is 87.0 cm³/mol. The van der Waals surface area contributed by atoms with Gasteiger partial charge in [-0.1, -0.05) is 20.8 Å². The molecule has 0 spiro atoms. The van der Waals surface area contributed by atoms with Crippen LogP contribution in [-0.2, 0) is 9.53 Å². The highest BCUT2D eigenvalue weighted by Crippen LogP contribution is 2.42. The van der Waals surface area contributed by atoms with Crippen molar-refractivity contribution >= 4 is 5.91 Å². The van der Waals surface area contributed by atoms with Gasteiger partial charge in [0.25, 0.3) is 0 Å². The van der Waals surface area contributed by atoms with Crippen molar-refractivity contribution in [3.63, 3.8) is 0 Å². The van der Waals surface area contributed by atoms with Crippen LogP contribution in [0.3, 0.4) is 0 Å². The summed E-state index contributed by atoms with van der Waals surface area (Å²) in [5.41, 5.74) is 6.12. The van der Waals surface area contributed by atoms with Gasteiger partial charge in [-0.05, 0) is 50.9 Å². The van der Waals surface area contributed by atoms with Gasteiger partial charge in [-0.25, -0.2) is 0 Å².